The molecule has 1 aliphatic rings. The Morgan fingerprint density at radius 2 is 1.30 bits per heavy atom. The summed E-state index contributed by atoms with van der Waals surface area (Å²) in [5, 5.41) is 2.73. The summed E-state index contributed by atoms with van der Waals surface area (Å²) in [6.07, 6.45) is 3.13. The van der Waals surface area contributed by atoms with Crippen LogP contribution in [0.25, 0.3) is 6.08 Å². The molecule has 0 fully saturated rings. The van der Waals surface area contributed by atoms with Gasteiger partial charge in [0.15, 0.2) is 11.6 Å². The van der Waals surface area contributed by atoms with E-state index in [0.717, 1.165) is 5.56 Å². The summed E-state index contributed by atoms with van der Waals surface area (Å²) in [6.45, 7) is 0. The van der Waals surface area contributed by atoms with Gasteiger partial charge in [0.05, 0.1) is 0 Å². The average molecular weight is 353 g/mol. The third-order valence-corrected chi connectivity index (χ3v) is 4.42. The van der Waals surface area contributed by atoms with Gasteiger partial charge in [-0.25, -0.2) is 0 Å². The number of hydrogen-bond donors (Lipinski definition) is 1. The summed E-state index contributed by atoms with van der Waals surface area (Å²) in [4.78, 5) is 37.5. The van der Waals surface area contributed by atoms with Crippen molar-refractivity contribution < 1.29 is 14.4 Å². The summed E-state index contributed by atoms with van der Waals surface area (Å²) in [5.41, 5.74) is 2.85. The van der Waals surface area contributed by atoms with Gasteiger partial charge in [0.2, 0.25) is 5.91 Å². The van der Waals surface area contributed by atoms with Crippen LogP contribution in [0.15, 0.2) is 78.9 Å². The normalized spacial score (nSPS) is 12.6. The van der Waals surface area contributed by atoms with Crippen LogP contribution in [-0.2, 0) is 4.79 Å². The van der Waals surface area contributed by atoms with E-state index in [1.165, 1.54) is 6.08 Å². The van der Waals surface area contributed by atoms with Crippen LogP contribution >= 0.6 is 0 Å². The van der Waals surface area contributed by atoms with Crippen LogP contribution in [0.4, 0.5) is 5.69 Å². The molecular weight excluding hydrogens is 338 g/mol. The lowest BCUT2D eigenvalue weighted by molar-refractivity contribution is -0.111. The highest BCUT2D eigenvalue weighted by molar-refractivity contribution is 6.28. The molecule has 4 heteroatoms. The predicted octanol–water partition coefficient (Wildman–Crippen LogP) is 4.11. The molecule has 130 valence electrons. The fourth-order valence-corrected chi connectivity index (χ4v) is 3.10. The molecule has 3 aromatic carbocycles. The summed E-state index contributed by atoms with van der Waals surface area (Å²) in [5.74, 6) is -0.702. The highest BCUT2D eigenvalue weighted by Gasteiger charge is 2.29. The standard InChI is InChI=1S/C23H15NO3/c25-21(13-10-15-6-2-1-3-7-15)24-16-11-12-19-20(14-16)23(27)18-9-5-4-8-17(18)22(19)26/h1-14H,(H,24,25). The molecule has 0 aliphatic heterocycles. The second-order valence-corrected chi connectivity index (χ2v) is 6.20. The van der Waals surface area contributed by atoms with Crippen molar-refractivity contribution in [3.8, 4) is 0 Å². The smallest absolute Gasteiger partial charge is 0.248 e. The molecule has 4 nitrogen and oxygen atoms in total. The first-order chi connectivity index (χ1) is 13.1. The monoisotopic (exact) mass is 353 g/mol. The number of fused-ring (bicyclic) bond motifs is 2. The Labute approximate surface area is 156 Å². The number of ketones is 2. The number of carbonyl (C=O) groups is 3. The van der Waals surface area contributed by atoms with Crippen molar-refractivity contribution in [2.45, 2.75) is 0 Å². The molecule has 0 saturated carbocycles. The first-order valence-electron chi connectivity index (χ1n) is 8.50. The van der Waals surface area contributed by atoms with Crippen molar-refractivity contribution in [3.05, 3.63) is 107 Å². The van der Waals surface area contributed by atoms with Gasteiger partial charge >= 0.3 is 0 Å². The van der Waals surface area contributed by atoms with Gasteiger partial charge in [-0.3, -0.25) is 14.4 Å². The fraction of sp³-hybridized carbons (Fsp3) is 0. The van der Waals surface area contributed by atoms with Gasteiger partial charge in [-0.1, -0.05) is 54.6 Å². The molecule has 0 spiro atoms. The lowest BCUT2D eigenvalue weighted by atomic mass is 9.84. The maximum atomic E-state index is 12.7. The summed E-state index contributed by atoms with van der Waals surface area (Å²) in [7, 11) is 0. The molecule has 0 atom stereocenters. The zero-order valence-electron chi connectivity index (χ0n) is 14.3. The number of benzene rings is 3. The van der Waals surface area contributed by atoms with Crippen molar-refractivity contribution >= 4 is 29.2 Å². The lowest BCUT2D eigenvalue weighted by Crippen LogP contribution is -2.21. The van der Waals surface area contributed by atoms with Crippen LogP contribution in [0.2, 0.25) is 0 Å². The number of carbonyl (C=O) groups excluding carboxylic acids is 3. The number of anilines is 1. The van der Waals surface area contributed by atoms with Gasteiger partial charge in [-0.15, -0.1) is 0 Å². The molecule has 3 aromatic rings. The molecule has 27 heavy (non-hydrogen) atoms. The van der Waals surface area contributed by atoms with E-state index in [2.05, 4.69) is 5.32 Å². The Morgan fingerprint density at radius 3 is 2.00 bits per heavy atom. The highest BCUT2D eigenvalue weighted by atomic mass is 16.1. The first-order valence-corrected chi connectivity index (χ1v) is 8.50. The maximum Gasteiger partial charge on any atom is 0.248 e. The van der Waals surface area contributed by atoms with E-state index in [4.69, 9.17) is 0 Å². The fourth-order valence-electron chi connectivity index (χ4n) is 3.10. The van der Waals surface area contributed by atoms with E-state index >= 15 is 0 Å². The van der Waals surface area contributed by atoms with Crippen molar-refractivity contribution in [3.63, 3.8) is 0 Å². The van der Waals surface area contributed by atoms with Crippen LogP contribution in [-0.4, -0.2) is 17.5 Å². The van der Waals surface area contributed by atoms with Crippen LogP contribution in [0.3, 0.4) is 0 Å². The Morgan fingerprint density at radius 1 is 0.704 bits per heavy atom. The average Bonchev–Trinajstić information content (AvgIpc) is 2.71. The molecule has 1 amide bonds. The first kappa shape index (κ1) is 16.7. The van der Waals surface area contributed by atoms with E-state index in [1.54, 1.807) is 48.5 Å². The van der Waals surface area contributed by atoms with E-state index in [0.29, 0.717) is 27.9 Å². The summed E-state index contributed by atoms with van der Waals surface area (Å²) < 4.78 is 0. The van der Waals surface area contributed by atoms with Gasteiger partial charge in [-0.05, 0) is 29.8 Å². The van der Waals surface area contributed by atoms with E-state index in [-0.39, 0.29) is 17.5 Å². The zero-order chi connectivity index (χ0) is 18.8. The molecule has 1 aliphatic carbocycles. The molecule has 0 radical (unpaired) electrons. The van der Waals surface area contributed by atoms with Crippen molar-refractivity contribution in [2.75, 3.05) is 5.32 Å². The van der Waals surface area contributed by atoms with Crippen molar-refractivity contribution in [1.82, 2.24) is 0 Å². The molecule has 0 saturated heterocycles. The second kappa shape index (κ2) is 6.84. The number of nitrogens with one attached hydrogen (secondary N) is 1. The number of hydrogen-bond acceptors (Lipinski definition) is 3. The largest absolute Gasteiger partial charge is 0.322 e. The van der Waals surface area contributed by atoms with Crippen LogP contribution in [0, 0.1) is 0 Å². The minimum atomic E-state index is -0.311. The third kappa shape index (κ3) is 3.20. The van der Waals surface area contributed by atoms with E-state index in [1.807, 2.05) is 30.3 Å². The highest BCUT2D eigenvalue weighted by Crippen LogP contribution is 2.29. The third-order valence-electron chi connectivity index (χ3n) is 4.42. The minimum Gasteiger partial charge on any atom is -0.322 e. The minimum absolute atomic E-state index is 0.179. The Balaban J connectivity index is 1.58. The maximum absolute atomic E-state index is 12.7. The van der Waals surface area contributed by atoms with Crippen LogP contribution < -0.4 is 5.32 Å². The number of amides is 1. The molecule has 0 heterocycles. The van der Waals surface area contributed by atoms with Crippen LogP contribution in [0.5, 0.6) is 0 Å². The second-order valence-electron chi connectivity index (χ2n) is 6.20. The molecule has 0 bridgehead atoms. The molecular formula is C23H15NO3. The molecule has 1 N–H and O–H groups in total. The van der Waals surface area contributed by atoms with Crippen LogP contribution in [0.1, 0.15) is 37.4 Å². The van der Waals surface area contributed by atoms with Crippen molar-refractivity contribution in [2.24, 2.45) is 0 Å². The predicted molar refractivity (Wildman–Crippen MR) is 104 cm³/mol. The SMILES string of the molecule is O=C(C=Cc1ccccc1)Nc1ccc2c(c1)C(=O)c1ccccc1C2=O. The lowest BCUT2D eigenvalue weighted by Gasteiger charge is -2.18. The van der Waals surface area contributed by atoms with Gasteiger partial charge in [-0.2, -0.15) is 0 Å². The molecule has 0 aromatic heterocycles. The molecule has 4 rings (SSSR count). The van der Waals surface area contributed by atoms with Gasteiger partial charge in [0, 0.05) is 34.0 Å². The van der Waals surface area contributed by atoms with Gasteiger partial charge in [0.25, 0.3) is 0 Å². The zero-order valence-corrected chi connectivity index (χ0v) is 14.3. The number of rotatable bonds is 3. The van der Waals surface area contributed by atoms with E-state index < -0.39 is 0 Å². The summed E-state index contributed by atoms with van der Waals surface area (Å²) >= 11 is 0. The van der Waals surface area contributed by atoms with Gasteiger partial charge in [0.1, 0.15) is 0 Å². The Hall–Kier alpha value is -3.79. The Kier molecular flexibility index (Phi) is 4.22. The van der Waals surface area contributed by atoms with E-state index in [9.17, 15) is 14.4 Å². The Bertz CT molecular complexity index is 1100. The topological polar surface area (TPSA) is 63.2 Å². The van der Waals surface area contributed by atoms with Crippen molar-refractivity contribution in [1.29, 1.82) is 0 Å². The summed E-state index contributed by atoms with van der Waals surface area (Å²) in [6, 6.07) is 21.0. The quantitative estimate of drug-likeness (QED) is 0.564. The molecule has 0 unspecified atom stereocenters. The van der Waals surface area contributed by atoms with Gasteiger partial charge < -0.3 is 5.32 Å².